The lowest BCUT2D eigenvalue weighted by Crippen LogP contribution is -2.58. The van der Waals surface area contributed by atoms with Crippen LogP contribution in [0.5, 0.6) is 5.88 Å². The van der Waals surface area contributed by atoms with E-state index in [0.717, 1.165) is 33.8 Å². The molecule has 2 fully saturated rings. The Hall–Kier alpha value is -6.08. The van der Waals surface area contributed by atoms with Crippen LogP contribution < -0.4 is 25.2 Å². The average Bonchev–Trinajstić information content (AvgIpc) is 4.01. The fourth-order valence-corrected chi connectivity index (χ4v) is 9.52. The molecule has 2 atom stereocenters. The lowest BCUT2D eigenvalue weighted by atomic mass is 9.85. The first-order chi connectivity index (χ1) is 33.1. The lowest BCUT2D eigenvalue weighted by Gasteiger charge is -2.35. The van der Waals surface area contributed by atoms with Gasteiger partial charge in [-0.25, -0.2) is 14.4 Å². The second kappa shape index (κ2) is 22.3. The molecular weight excluding hydrogens is 953 g/mol. The third-order valence-corrected chi connectivity index (χ3v) is 13.3. The Kier molecular flexibility index (Phi) is 17.0. The number of aromatic nitrogens is 2. The van der Waals surface area contributed by atoms with Crippen molar-refractivity contribution >= 4 is 63.7 Å². The molecule has 2 N–H and O–H groups in total. The van der Waals surface area contributed by atoms with Gasteiger partial charge in [-0.05, 0) is 99.8 Å². The minimum atomic E-state index is -5.20. The van der Waals surface area contributed by atoms with Gasteiger partial charge in [0.2, 0.25) is 23.6 Å². The highest BCUT2D eigenvalue weighted by Gasteiger charge is 2.52. The van der Waals surface area contributed by atoms with Crippen LogP contribution in [0.25, 0.3) is 10.4 Å². The lowest BCUT2D eigenvalue weighted by molar-refractivity contribution is -0.144. The minimum absolute atomic E-state index is 0.132. The van der Waals surface area contributed by atoms with Crippen LogP contribution in [0.2, 0.25) is 0 Å². The van der Waals surface area contributed by atoms with Gasteiger partial charge >= 0.3 is 6.18 Å². The number of likely N-dealkylation sites (tertiary alicyclic amines) is 1. The van der Waals surface area contributed by atoms with E-state index in [1.165, 1.54) is 31.0 Å². The van der Waals surface area contributed by atoms with Crippen molar-refractivity contribution in [2.45, 2.75) is 104 Å². The van der Waals surface area contributed by atoms with E-state index >= 15 is 4.39 Å². The summed E-state index contributed by atoms with van der Waals surface area (Å²) in [7, 11) is 0. The van der Waals surface area contributed by atoms with Gasteiger partial charge in [0.05, 0.1) is 65.1 Å². The van der Waals surface area contributed by atoms with Crippen molar-refractivity contribution in [2.24, 2.45) is 5.41 Å². The van der Waals surface area contributed by atoms with E-state index in [4.69, 9.17) is 26.4 Å². The summed E-state index contributed by atoms with van der Waals surface area (Å²) in [5, 5.41) is 14.7. The highest BCUT2D eigenvalue weighted by Crippen LogP contribution is 2.43. The molecule has 15 nitrogen and oxygen atoms in total. The molecule has 2 aliphatic rings. The molecule has 70 heavy (non-hydrogen) atoms. The number of thiocarbonyl (C=S) groups is 1. The molecule has 0 aliphatic carbocycles. The Morgan fingerprint density at radius 2 is 1.70 bits per heavy atom. The number of aryl methyl sites for hydroxylation is 2. The molecule has 0 bridgehead atoms. The number of unbranched alkanes of at least 4 members (excludes halogenated alkanes) is 1. The van der Waals surface area contributed by atoms with Gasteiger partial charge in [0.1, 0.15) is 29.8 Å². The molecule has 6 rings (SSSR count). The SMILES string of the molecule is Cc1cc(OCCCCOCCOCC(=O)NC(C(=O)N2CCC[C@H]2C(=O)NCc2ccc(-c3scnc3C)cc2)C(C)(C)C)ncc1N1C(=S)N(c2ccc(C#N)c(C(F)(F)F)c2F)C(=O)C1(C)C. The number of alkyl halides is 3. The number of carbonyl (C=O) groups excluding carboxylic acids is 4. The first kappa shape index (κ1) is 53.3. The largest absolute Gasteiger partial charge is 0.478 e. The number of halogens is 4. The molecule has 0 saturated carbocycles. The number of amides is 4. The van der Waals surface area contributed by atoms with Crippen molar-refractivity contribution in [3.05, 3.63) is 87.9 Å². The van der Waals surface area contributed by atoms with Crippen molar-refractivity contribution in [3.8, 4) is 22.4 Å². The molecule has 4 amide bonds. The molecule has 21 heteroatoms. The molecule has 4 aromatic rings. The normalized spacial score (nSPS) is 16.4. The van der Waals surface area contributed by atoms with Gasteiger partial charge in [0.15, 0.2) is 10.9 Å². The highest BCUT2D eigenvalue weighted by atomic mass is 32.1. The first-order valence-electron chi connectivity index (χ1n) is 22.7. The van der Waals surface area contributed by atoms with Gasteiger partial charge in [-0.2, -0.15) is 18.4 Å². The Morgan fingerprint density at radius 3 is 2.34 bits per heavy atom. The quantitative estimate of drug-likeness (QED) is 0.0530. The average molecular weight is 1010 g/mol. The summed E-state index contributed by atoms with van der Waals surface area (Å²) < 4.78 is 73.8. The molecule has 2 aromatic carbocycles. The van der Waals surface area contributed by atoms with E-state index in [1.54, 1.807) is 29.2 Å². The number of nitrogens with zero attached hydrogens (tertiary/aromatic N) is 6. The zero-order valence-electron chi connectivity index (χ0n) is 40.0. The third kappa shape index (κ3) is 12.1. The van der Waals surface area contributed by atoms with Gasteiger partial charge in [-0.15, -0.1) is 11.3 Å². The van der Waals surface area contributed by atoms with Crippen LogP contribution in [-0.4, -0.2) is 101 Å². The number of benzene rings is 2. The van der Waals surface area contributed by atoms with Crippen LogP contribution in [0.3, 0.4) is 0 Å². The summed E-state index contributed by atoms with van der Waals surface area (Å²) in [6.07, 6.45) is -1.38. The van der Waals surface area contributed by atoms with E-state index in [-0.39, 0.29) is 49.2 Å². The number of nitrogens with one attached hydrogen (secondary N) is 2. The van der Waals surface area contributed by atoms with Gasteiger partial charge in [0.25, 0.3) is 5.91 Å². The van der Waals surface area contributed by atoms with E-state index in [2.05, 4.69) is 20.6 Å². The minimum Gasteiger partial charge on any atom is -0.478 e. The van der Waals surface area contributed by atoms with Crippen LogP contribution in [-0.2, 0) is 41.4 Å². The molecule has 1 unspecified atom stereocenters. The molecule has 0 radical (unpaired) electrons. The molecular formula is C49H56F4N8O7S2. The summed E-state index contributed by atoms with van der Waals surface area (Å²) in [6.45, 7) is 13.7. The van der Waals surface area contributed by atoms with Crippen LogP contribution >= 0.6 is 23.6 Å². The Labute approximate surface area is 413 Å². The number of anilines is 2. The van der Waals surface area contributed by atoms with E-state index in [0.29, 0.717) is 61.5 Å². The predicted octanol–water partition coefficient (Wildman–Crippen LogP) is 7.80. The van der Waals surface area contributed by atoms with Crippen LogP contribution in [0.4, 0.5) is 28.9 Å². The highest BCUT2D eigenvalue weighted by molar-refractivity contribution is 7.81. The third-order valence-electron chi connectivity index (χ3n) is 12.0. The molecule has 2 saturated heterocycles. The molecule has 4 heterocycles. The molecule has 2 aromatic heterocycles. The van der Waals surface area contributed by atoms with E-state index in [9.17, 15) is 37.6 Å². The smallest absolute Gasteiger partial charge is 0.420 e. The zero-order chi connectivity index (χ0) is 51.1. The number of hydrogen-bond donors (Lipinski definition) is 2. The first-order valence-corrected chi connectivity index (χ1v) is 24.0. The summed E-state index contributed by atoms with van der Waals surface area (Å²) in [6, 6.07) is 11.1. The molecule has 2 aliphatic heterocycles. The summed E-state index contributed by atoms with van der Waals surface area (Å²) >= 11 is 7.12. The van der Waals surface area contributed by atoms with Crippen LogP contribution in [0, 0.1) is 36.4 Å². The second-order valence-electron chi connectivity index (χ2n) is 18.5. The maximum atomic E-state index is 15.4. The summed E-state index contributed by atoms with van der Waals surface area (Å²) in [5.74, 6) is -3.33. The topological polar surface area (TPSA) is 179 Å². The van der Waals surface area contributed by atoms with Crippen molar-refractivity contribution in [1.29, 1.82) is 5.26 Å². The van der Waals surface area contributed by atoms with Crippen LogP contribution in [0.15, 0.2) is 54.2 Å². The Balaban J connectivity index is 0.895. The van der Waals surface area contributed by atoms with Crippen LogP contribution in [0.1, 0.15) is 88.2 Å². The standard InChI is InChI=1S/C49H56F4N8O7S2/c1-29-23-38(55-26-36(29)61-46(69)60(45(65)48(61,6)7)34-17-16-33(24-54)39(40(34)50)49(51,52)53)68-20-9-8-19-66-21-22-67-27-37(62)58-42(47(3,4)5)44(64)59-18-10-11-35(59)43(63)56-25-31-12-14-32(15-13-31)41-30(2)57-28-70-41/h12-17,23,26,28,35,42H,8-11,18-22,25,27H2,1-7H3,(H,56,63)(H,58,62)/t35-,42?/m0/s1. The number of carbonyl (C=O) groups is 4. The maximum Gasteiger partial charge on any atom is 0.420 e. The second-order valence-corrected chi connectivity index (χ2v) is 19.7. The Bertz CT molecular complexity index is 2630. The number of pyridine rings is 1. The number of nitriles is 1. The number of thiazole rings is 1. The predicted molar refractivity (Wildman–Crippen MR) is 258 cm³/mol. The van der Waals surface area contributed by atoms with Crippen molar-refractivity contribution in [2.75, 3.05) is 49.4 Å². The van der Waals surface area contributed by atoms with Crippen molar-refractivity contribution in [1.82, 2.24) is 25.5 Å². The summed E-state index contributed by atoms with van der Waals surface area (Å²) in [4.78, 5) is 67.3. The fraction of sp³-hybridized carbons (Fsp3) is 0.469. The molecule has 374 valence electrons. The number of hydrogen-bond acceptors (Lipinski definition) is 12. The summed E-state index contributed by atoms with van der Waals surface area (Å²) in [5.41, 5.74) is 0.152. The van der Waals surface area contributed by atoms with E-state index in [1.807, 2.05) is 57.5 Å². The Morgan fingerprint density at radius 1 is 1.00 bits per heavy atom. The maximum absolute atomic E-state index is 15.4. The van der Waals surface area contributed by atoms with Crippen molar-refractivity contribution < 1.29 is 51.0 Å². The van der Waals surface area contributed by atoms with Crippen molar-refractivity contribution in [3.63, 3.8) is 0 Å². The van der Waals surface area contributed by atoms with E-state index < -0.39 is 63.7 Å². The van der Waals surface area contributed by atoms with Gasteiger partial charge in [0, 0.05) is 25.8 Å². The van der Waals surface area contributed by atoms with Gasteiger partial charge in [-0.1, -0.05) is 45.0 Å². The number of ether oxygens (including phenoxy) is 3. The van der Waals surface area contributed by atoms with Gasteiger partial charge in [-0.3, -0.25) is 24.1 Å². The fourth-order valence-electron chi connectivity index (χ4n) is 8.20. The zero-order valence-corrected chi connectivity index (χ0v) is 41.6. The molecule has 0 spiro atoms. The number of rotatable bonds is 19. The van der Waals surface area contributed by atoms with Gasteiger partial charge < -0.3 is 34.6 Å². The monoisotopic (exact) mass is 1010 g/mol.